The number of hydrogen-bond acceptors (Lipinski definition) is 5. The highest BCUT2D eigenvalue weighted by atomic mass is 19.2. The second-order valence-corrected chi connectivity index (χ2v) is 8.94. The summed E-state index contributed by atoms with van der Waals surface area (Å²) < 4.78 is 77.3. The third kappa shape index (κ3) is 5.11. The summed E-state index contributed by atoms with van der Waals surface area (Å²) in [6.45, 7) is 6.28. The molecule has 0 N–H and O–H groups in total. The van der Waals surface area contributed by atoms with Crippen LogP contribution in [0.2, 0.25) is 0 Å². The molecule has 0 amide bonds. The Labute approximate surface area is 220 Å². The minimum absolute atomic E-state index is 0.259. The fourth-order valence-electron chi connectivity index (χ4n) is 4.50. The number of halogens is 5. The Morgan fingerprint density at radius 2 is 1.46 bits per heavy atom. The van der Waals surface area contributed by atoms with Gasteiger partial charge in [-0.15, -0.1) is 5.06 Å². The van der Waals surface area contributed by atoms with Gasteiger partial charge in [-0.25, -0.2) is 22.0 Å². The van der Waals surface area contributed by atoms with Gasteiger partial charge in [0.2, 0.25) is 5.82 Å². The molecule has 0 radical (unpaired) electrons. The second kappa shape index (κ2) is 11.1. The van der Waals surface area contributed by atoms with Gasteiger partial charge in [0.15, 0.2) is 29.1 Å². The zero-order chi connectivity index (χ0) is 28.6. The van der Waals surface area contributed by atoms with Crippen LogP contribution in [0.4, 0.5) is 22.0 Å². The van der Waals surface area contributed by atoms with E-state index in [1.807, 2.05) is 36.6 Å². The van der Waals surface area contributed by atoms with Gasteiger partial charge >= 0.3 is 5.97 Å². The lowest BCUT2D eigenvalue weighted by Crippen LogP contribution is -2.25. The topological polar surface area (TPSA) is 60.8 Å². The van der Waals surface area contributed by atoms with E-state index in [1.54, 1.807) is 13.1 Å². The zero-order valence-corrected chi connectivity index (χ0v) is 21.6. The first-order valence-corrected chi connectivity index (χ1v) is 12.1. The summed E-state index contributed by atoms with van der Waals surface area (Å²) in [5, 5.41) is 2.56. The first kappa shape index (κ1) is 28.2. The lowest BCUT2D eigenvalue weighted by molar-refractivity contribution is -0.190. The molecule has 1 unspecified atom stereocenters. The Morgan fingerprint density at radius 3 is 2.05 bits per heavy atom. The molecular weight excluding hydrogens is 523 g/mol. The molecule has 0 saturated heterocycles. The van der Waals surface area contributed by atoms with Crippen molar-refractivity contribution in [2.75, 3.05) is 20.3 Å². The van der Waals surface area contributed by atoms with Gasteiger partial charge in [-0.1, -0.05) is 6.07 Å². The summed E-state index contributed by atoms with van der Waals surface area (Å²) in [6.07, 6.45) is 0. The minimum Gasteiger partial charge on any atom is -0.380 e. The van der Waals surface area contributed by atoms with Crippen LogP contribution in [0.5, 0.6) is 0 Å². The summed E-state index contributed by atoms with van der Waals surface area (Å²) in [5.74, 6) is -13.0. The first-order chi connectivity index (χ1) is 18.5. The third-order valence-electron chi connectivity index (χ3n) is 6.55. The van der Waals surface area contributed by atoms with Crippen molar-refractivity contribution in [1.29, 1.82) is 0 Å². The molecule has 1 aromatic heterocycles. The number of aromatic nitrogens is 1. The number of ketones is 1. The average Bonchev–Trinajstić information content (AvgIpc) is 3.22. The molecule has 0 spiro atoms. The summed E-state index contributed by atoms with van der Waals surface area (Å²) in [4.78, 5) is 29.6. The predicted octanol–water partition coefficient (Wildman–Crippen LogP) is 6.23. The van der Waals surface area contributed by atoms with Crippen LogP contribution >= 0.6 is 0 Å². The van der Waals surface area contributed by atoms with E-state index < -0.39 is 46.4 Å². The molecule has 0 bridgehead atoms. The van der Waals surface area contributed by atoms with Crippen molar-refractivity contribution in [2.24, 2.45) is 0 Å². The molecule has 0 aliphatic heterocycles. The second-order valence-electron chi connectivity index (χ2n) is 8.94. The van der Waals surface area contributed by atoms with Gasteiger partial charge in [0, 0.05) is 54.5 Å². The zero-order valence-electron chi connectivity index (χ0n) is 21.6. The van der Waals surface area contributed by atoms with Gasteiger partial charge in [0.05, 0.1) is 12.6 Å². The number of carbonyl (C=O) groups is 2. The number of hydroxylamine groups is 2. The molecule has 39 heavy (non-hydrogen) atoms. The van der Waals surface area contributed by atoms with Crippen LogP contribution in [0.3, 0.4) is 0 Å². The highest BCUT2D eigenvalue weighted by Gasteiger charge is 2.30. The van der Waals surface area contributed by atoms with E-state index in [0.717, 1.165) is 11.1 Å². The van der Waals surface area contributed by atoms with Crippen molar-refractivity contribution in [1.82, 2.24) is 9.63 Å². The molecule has 1 atom stereocenters. The molecule has 6 nitrogen and oxygen atoms in total. The molecule has 0 saturated carbocycles. The van der Waals surface area contributed by atoms with E-state index in [1.165, 1.54) is 24.1 Å². The summed E-state index contributed by atoms with van der Waals surface area (Å²) in [5.41, 5.74) is 0.397. The highest BCUT2D eigenvalue weighted by Crippen LogP contribution is 2.34. The fourth-order valence-corrected chi connectivity index (χ4v) is 4.50. The minimum atomic E-state index is -2.34. The number of carbonyl (C=O) groups excluding carboxylic acids is 2. The Bertz CT molecular complexity index is 1570. The monoisotopic (exact) mass is 548 g/mol. The van der Waals surface area contributed by atoms with Gasteiger partial charge in [-0.3, -0.25) is 9.59 Å². The van der Waals surface area contributed by atoms with Crippen molar-refractivity contribution in [3.8, 4) is 0 Å². The maximum atomic E-state index is 14.4. The predicted molar refractivity (Wildman–Crippen MR) is 134 cm³/mol. The maximum Gasteiger partial charge on any atom is 0.322 e. The van der Waals surface area contributed by atoms with Gasteiger partial charge in [-0.2, -0.15) is 0 Å². The highest BCUT2D eigenvalue weighted by molar-refractivity contribution is 6.15. The van der Waals surface area contributed by atoms with E-state index in [4.69, 9.17) is 9.57 Å². The molecular formula is C28H25F5N2O4. The van der Waals surface area contributed by atoms with Crippen molar-refractivity contribution in [3.05, 3.63) is 82.2 Å². The normalized spacial score (nSPS) is 12.5. The number of ether oxygens (including phenoxy) is 1. The molecule has 4 rings (SSSR count). The molecule has 0 fully saturated rings. The molecule has 0 aliphatic carbocycles. The SMILES string of the molecule is CCOCCn1c2ccc(C(=O)c3c(F)c(F)c(F)c(F)c3F)cc2c2cc(C(C)N(C)OC(C)=O)ccc21. The Balaban J connectivity index is 1.89. The number of nitrogens with zero attached hydrogens (tertiary/aromatic N) is 2. The summed E-state index contributed by atoms with van der Waals surface area (Å²) >= 11 is 0. The first-order valence-electron chi connectivity index (χ1n) is 12.1. The van der Waals surface area contributed by atoms with Gasteiger partial charge in [0.1, 0.15) is 5.56 Å². The third-order valence-corrected chi connectivity index (χ3v) is 6.55. The summed E-state index contributed by atoms with van der Waals surface area (Å²) in [6, 6.07) is 9.35. The maximum absolute atomic E-state index is 14.4. The van der Waals surface area contributed by atoms with Crippen molar-refractivity contribution >= 4 is 33.6 Å². The largest absolute Gasteiger partial charge is 0.380 e. The van der Waals surface area contributed by atoms with Crippen LogP contribution in [0.15, 0.2) is 36.4 Å². The van der Waals surface area contributed by atoms with Crippen LogP contribution in [-0.4, -0.2) is 41.6 Å². The lowest BCUT2D eigenvalue weighted by atomic mass is 9.98. The number of hydrogen-bond donors (Lipinski definition) is 0. The van der Waals surface area contributed by atoms with E-state index in [2.05, 4.69) is 0 Å². The van der Waals surface area contributed by atoms with Gasteiger partial charge < -0.3 is 14.1 Å². The van der Waals surface area contributed by atoms with Crippen LogP contribution in [0.1, 0.15) is 48.3 Å². The quantitative estimate of drug-likeness (QED) is 0.0620. The van der Waals surface area contributed by atoms with Crippen LogP contribution < -0.4 is 0 Å². The molecule has 1 heterocycles. The van der Waals surface area contributed by atoms with Crippen LogP contribution in [-0.2, 0) is 20.9 Å². The van der Waals surface area contributed by atoms with E-state index in [0.29, 0.717) is 36.0 Å². The van der Waals surface area contributed by atoms with E-state index >= 15 is 0 Å². The molecule has 3 aromatic carbocycles. The number of rotatable bonds is 9. The van der Waals surface area contributed by atoms with E-state index in [-0.39, 0.29) is 11.6 Å². The average molecular weight is 549 g/mol. The molecule has 4 aromatic rings. The van der Waals surface area contributed by atoms with Crippen molar-refractivity contribution in [3.63, 3.8) is 0 Å². The molecule has 206 valence electrons. The smallest absolute Gasteiger partial charge is 0.322 e. The Kier molecular flexibility index (Phi) is 8.03. The molecule has 0 aliphatic rings. The fraction of sp³-hybridized carbons (Fsp3) is 0.286. The number of benzene rings is 3. The van der Waals surface area contributed by atoms with Gasteiger partial charge in [-0.05, 0) is 49.7 Å². The molecule has 11 heteroatoms. The Hall–Kier alpha value is -3.83. The number of fused-ring (bicyclic) bond motifs is 3. The van der Waals surface area contributed by atoms with Crippen molar-refractivity contribution in [2.45, 2.75) is 33.4 Å². The van der Waals surface area contributed by atoms with Crippen LogP contribution in [0, 0.1) is 29.1 Å². The Morgan fingerprint density at radius 1 is 0.897 bits per heavy atom. The van der Waals surface area contributed by atoms with E-state index in [9.17, 15) is 31.5 Å². The van der Waals surface area contributed by atoms with Crippen LogP contribution in [0.25, 0.3) is 21.8 Å². The standard InChI is InChI=1S/C28H25F5N2O4/c1-5-38-11-10-35-20-8-6-16(14(2)34(4)39-15(3)36)12-18(20)19-13-17(7-9-21(19)35)28(37)22-23(29)25(31)27(33)26(32)24(22)30/h6-9,12-14H,5,10-11H2,1-4H3. The summed E-state index contributed by atoms with van der Waals surface area (Å²) in [7, 11) is 1.60. The lowest BCUT2D eigenvalue weighted by Gasteiger charge is -2.23. The van der Waals surface area contributed by atoms with Gasteiger partial charge in [0.25, 0.3) is 0 Å². The van der Waals surface area contributed by atoms with Crippen molar-refractivity contribution < 1.29 is 41.1 Å².